The maximum atomic E-state index is 13.4. The van der Waals surface area contributed by atoms with E-state index < -0.39 is 18.0 Å². The van der Waals surface area contributed by atoms with E-state index in [2.05, 4.69) is 5.32 Å². The summed E-state index contributed by atoms with van der Waals surface area (Å²) in [6.07, 6.45) is -0.969. The zero-order valence-electron chi connectivity index (χ0n) is 11.6. The number of carbonyl (C=O) groups excluding carboxylic acids is 1. The van der Waals surface area contributed by atoms with Crippen molar-refractivity contribution in [2.75, 3.05) is 20.1 Å². The van der Waals surface area contributed by atoms with Gasteiger partial charge in [0, 0.05) is 25.7 Å². The van der Waals surface area contributed by atoms with Crippen LogP contribution in [0, 0.1) is 5.82 Å². The van der Waals surface area contributed by atoms with Gasteiger partial charge in [-0.1, -0.05) is 18.2 Å². The number of hydrogen-bond acceptors (Lipinski definition) is 3. The highest BCUT2D eigenvalue weighted by Crippen LogP contribution is 2.15. The number of likely N-dealkylation sites (N-methyl/N-ethyl adjacent to an activating group) is 1. The van der Waals surface area contributed by atoms with Crippen LogP contribution >= 0.6 is 0 Å². The van der Waals surface area contributed by atoms with Crippen LogP contribution in [-0.4, -0.2) is 42.1 Å². The zero-order valence-corrected chi connectivity index (χ0v) is 11.6. The first-order valence-corrected chi connectivity index (χ1v) is 6.38. The Labute approximate surface area is 113 Å². The van der Waals surface area contributed by atoms with Gasteiger partial charge in [-0.3, -0.25) is 4.79 Å². The molecule has 1 aromatic carbocycles. The van der Waals surface area contributed by atoms with Gasteiger partial charge < -0.3 is 15.3 Å². The number of nitrogens with zero attached hydrogens (tertiary/aromatic N) is 1. The van der Waals surface area contributed by atoms with Crippen LogP contribution in [0.15, 0.2) is 24.3 Å². The summed E-state index contributed by atoms with van der Waals surface area (Å²) in [6.45, 7) is 4.37. The molecule has 0 aromatic heterocycles. The Morgan fingerprint density at radius 3 is 2.68 bits per heavy atom. The number of amides is 1. The molecule has 1 amide bonds. The second-order valence-corrected chi connectivity index (χ2v) is 4.52. The molecule has 0 aliphatic carbocycles. The summed E-state index contributed by atoms with van der Waals surface area (Å²) < 4.78 is 13.4. The number of hydrogen-bond donors (Lipinski definition) is 2. The van der Waals surface area contributed by atoms with Crippen molar-refractivity contribution >= 4 is 5.91 Å². The highest BCUT2D eigenvalue weighted by molar-refractivity contribution is 5.81. The molecular formula is C14H21FN2O2. The molecule has 2 N–H and O–H groups in total. The van der Waals surface area contributed by atoms with Gasteiger partial charge in [-0.25, -0.2) is 4.39 Å². The van der Waals surface area contributed by atoms with Crippen molar-refractivity contribution in [3.8, 4) is 0 Å². The maximum absolute atomic E-state index is 13.4. The molecular weight excluding hydrogens is 247 g/mol. The Bertz CT molecular complexity index is 426. The minimum Gasteiger partial charge on any atom is -0.387 e. The molecule has 19 heavy (non-hydrogen) atoms. The van der Waals surface area contributed by atoms with Gasteiger partial charge in [-0.05, 0) is 19.9 Å². The van der Waals surface area contributed by atoms with E-state index in [1.165, 1.54) is 12.1 Å². The van der Waals surface area contributed by atoms with Gasteiger partial charge in [0.1, 0.15) is 5.82 Å². The normalized spacial score (nSPS) is 13.9. The average molecular weight is 268 g/mol. The minimum absolute atomic E-state index is 0.0526. The Morgan fingerprint density at radius 2 is 2.11 bits per heavy atom. The first kappa shape index (κ1) is 15.6. The van der Waals surface area contributed by atoms with Crippen LogP contribution in [-0.2, 0) is 4.79 Å². The topological polar surface area (TPSA) is 52.6 Å². The molecule has 106 valence electrons. The van der Waals surface area contributed by atoms with Gasteiger partial charge in [0.05, 0.1) is 12.1 Å². The monoisotopic (exact) mass is 268 g/mol. The van der Waals surface area contributed by atoms with E-state index >= 15 is 0 Å². The molecule has 0 fully saturated rings. The molecule has 1 rings (SSSR count). The van der Waals surface area contributed by atoms with Crippen molar-refractivity contribution in [1.29, 1.82) is 0 Å². The first-order valence-electron chi connectivity index (χ1n) is 6.38. The third kappa shape index (κ3) is 4.29. The van der Waals surface area contributed by atoms with Gasteiger partial charge in [0.25, 0.3) is 0 Å². The summed E-state index contributed by atoms with van der Waals surface area (Å²) >= 11 is 0. The summed E-state index contributed by atoms with van der Waals surface area (Å²) in [5, 5.41) is 12.8. The molecule has 0 bridgehead atoms. The highest BCUT2D eigenvalue weighted by Gasteiger charge is 2.18. The van der Waals surface area contributed by atoms with Crippen LogP contribution < -0.4 is 5.32 Å². The van der Waals surface area contributed by atoms with Crippen LogP contribution in [0.5, 0.6) is 0 Å². The minimum atomic E-state index is -0.969. The lowest BCUT2D eigenvalue weighted by Gasteiger charge is -2.22. The van der Waals surface area contributed by atoms with Gasteiger partial charge in [-0.15, -0.1) is 0 Å². The lowest BCUT2D eigenvalue weighted by Crippen LogP contribution is -2.44. The van der Waals surface area contributed by atoms with E-state index in [1.54, 1.807) is 31.0 Å². The Balaban J connectivity index is 2.53. The van der Waals surface area contributed by atoms with Crippen molar-refractivity contribution in [2.45, 2.75) is 26.0 Å². The Hall–Kier alpha value is -1.46. The van der Waals surface area contributed by atoms with Gasteiger partial charge >= 0.3 is 0 Å². The van der Waals surface area contributed by atoms with Crippen molar-refractivity contribution in [3.05, 3.63) is 35.6 Å². The van der Waals surface area contributed by atoms with Crippen LogP contribution in [0.4, 0.5) is 4.39 Å². The second-order valence-electron chi connectivity index (χ2n) is 4.52. The number of rotatable bonds is 6. The van der Waals surface area contributed by atoms with E-state index in [9.17, 15) is 14.3 Å². The SMILES string of the molecule is CCN(C)C(=O)C(C)NCC(O)c1ccccc1F. The lowest BCUT2D eigenvalue weighted by molar-refractivity contribution is -0.131. The standard InChI is InChI=1S/C14H21FN2O2/c1-4-17(3)14(19)10(2)16-9-13(18)11-7-5-6-8-12(11)15/h5-8,10,13,16,18H,4,9H2,1-3H3. The van der Waals surface area contributed by atoms with Gasteiger partial charge in [0.2, 0.25) is 5.91 Å². The number of nitrogens with one attached hydrogen (secondary N) is 1. The lowest BCUT2D eigenvalue weighted by atomic mass is 10.1. The van der Waals surface area contributed by atoms with Crippen LogP contribution in [0.2, 0.25) is 0 Å². The summed E-state index contributed by atoms with van der Waals surface area (Å²) in [5.41, 5.74) is 0.235. The second kappa shape index (κ2) is 7.21. The smallest absolute Gasteiger partial charge is 0.239 e. The van der Waals surface area contributed by atoms with E-state index in [0.29, 0.717) is 6.54 Å². The number of aliphatic hydroxyl groups is 1. The fourth-order valence-corrected chi connectivity index (χ4v) is 1.72. The van der Waals surface area contributed by atoms with E-state index in [4.69, 9.17) is 0 Å². The number of benzene rings is 1. The Morgan fingerprint density at radius 1 is 1.47 bits per heavy atom. The summed E-state index contributed by atoms with van der Waals surface area (Å²) in [6, 6.07) is 5.67. The fraction of sp³-hybridized carbons (Fsp3) is 0.500. The number of halogens is 1. The molecule has 0 heterocycles. The van der Waals surface area contributed by atoms with Gasteiger partial charge in [0.15, 0.2) is 0 Å². The molecule has 1 aromatic rings. The quantitative estimate of drug-likeness (QED) is 0.818. The number of aliphatic hydroxyl groups excluding tert-OH is 1. The van der Waals surface area contributed by atoms with Crippen LogP contribution in [0.1, 0.15) is 25.5 Å². The third-order valence-corrected chi connectivity index (χ3v) is 3.10. The molecule has 2 unspecified atom stereocenters. The molecule has 5 heteroatoms. The van der Waals surface area contributed by atoms with Crippen LogP contribution in [0.25, 0.3) is 0 Å². The summed E-state index contributed by atoms with van der Waals surface area (Å²) in [5.74, 6) is -0.496. The van der Waals surface area contributed by atoms with Crippen molar-refractivity contribution in [1.82, 2.24) is 10.2 Å². The zero-order chi connectivity index (χ0) is 14.4. The highest BCUT2D eigenvalue weighted by atomic mass is 19.1. The summed E-state index contributed by atoms with van der Waals surface area (Å²) in [4.78, 5) is 13.4. The maximum Gasteiger partial charge on any atom is 0.239 e. The van der Waals surface area contributed by atoms with Crippen molar-refractivity contribution in [3.63, 3.8) is 0 Å². The Kier molecular flexibility index (Phi) is 5.92. The van der Waals surface area contributed by atoms with E-state index in [1.807, 2.05) is 6.92 Å². The molecule has 0 saturated heterocycles. The summed E-state index contributed by atoms with van der Waals surface area (Å²) in [7, 11) is 1.72. The van der Waals surface area contributed by atoms with Crippen molar-refractivity contribution < 1.29 is 14.3 Å². The van der Waals surface area contributed by atoms with E-state index in [0.717, 1.165) is 0 Å². The van der Waals surface area contributed by atoms with Gasteiger partial charge in [-0.2, -0.15) is 0 Å². The van der Waals surface area contributed by atoms with E-state index in [-0.39, 0.29) is 18.0 Å². The molecule has 0 radical (unpaired) electrons. The number of carbonyl (C=O) groups is 1. The predicted molar refractivity (Wildman–Crippen MR) is 72.1 cm³/mol. The molecule has 2 atom stereocenters. The fourth-order valence-electron chi connectivity index (χ4n) is 1.72. The molecule has 4 nitrogen and oxygen atoms in total. The predicted octanol–water partition coefficient (Wildman–Crippen LogP) is 1.32. The van der Waals surface area contributed by atoms with Crippen LogP contribution in [0.3, 0.4) is 0 Å². The molecule has 0 spiro atoms. The molecule has 0 aliphatic heterocycles. The largest absolute Gasteiger partial charge is 0.387 e. The first-order chi connectivity index (χ1) is 8.97. The molecule has 0 saturated carbocycles. The average Bonchev–Trinajstić information content (AvgIpc) is 2.43. The molecule has 0 aliphatic rings. The third-order valence-electron chi connectivity index (χ3n) is 3.10. The van der Waals surface area contributed by atoms with Crippen molar-refractivity contribution in [2.24, 2.45) is 0 Å².